The molecule has 3 aromatic rings. The number of hydrogen-bond acceptors (Lipinski definition) is 3. The Morgan fingerprint density at radius 1 is 0.848 bits per heavy atom. The lowest BCUT2D eigenvalue weighted by molar-refractivity contribution is -0.116. The van der Waals surface area contributed by atoms with E-state index in [4.69, 9.17) is 0 Å². The molecule has 0 aliphatic rings. The maximum atomic E-state index is 12.6. The molecule has 3 rings (SSSR count). The molecule has 0 unspecified atom stereocenters. The van der Waals surface area contributed by atoms with Crippen molar-refractivity contribution in [2.24, 2.45) is 0 Å². The van der Waals surface area contributed by atoms with E-state index in [9.17, 15) is 13.2 Å². The zero-order valence-corrected chi connectivity index (χ0v) is 20.3. The molecule has 33 heavy (non-hydrogen) atoms. The van der Waals surface area contributed by atoms with E-state index in [1.807, 2.05) is 55.5 Å². The number of benzene rings is 3. The fourth-order valence-corrected chi connectivity index (χ4v) is 4.73. The van der Waals surface area contributed by atoms with E-state index in [1.54, 1.807) is 24.3 Å². The number of rotatable bonds is 10. The Balaban J connectivity index is 1.53. The van der Waals surface area contributed by atoms with Crippen LogP contribution in [-0.4, -0.2) is 20.9 Å². The van der Waals surface area contributed by atoms with Crippen molar-refractivity contribution >= 4 is 21.6 Å². The fraction of sp³-hybridized carbons (Fsp3) is 0.296. The second kappa shape index (κ2) is 11.3. The highest BCUT2D eigenvalue weighted by atomic mass is 32.2. The summed E-state index contributed by atoms with van der Waals surface area (Å²) in [7, 11) is -3.57. The molecule has 0 spiro atoms. The molecular weight excluding hydrogens is 432 g/mol. The molecule has 1 amide bonds. The largest absolute Gasteiger partial charge is 0.326 e. The van der Waals surface area contributed by atoms with Crippen LogP contribution in [0.15, 0.2) is 77.7 Å². The van der Waals surface area contributed by atoms with Crippen molar-refractivity contribution in [2.45, 2.75) is 50.8 Å². The van der Waals surface area contributed by atoms with E-state index >= 15 is 0 Å². The lowest BCUT2D eigenvalue weighted by atomic mass is 9.98. The Morgan fingerprint density at radius 2 is 1.52 bits per heavy atom. The summed E-state index contributed by atoms with van der Waals surface area (Å²) in [4.78, 5) is 12.8. The van der Waals surface area contributed by atoms with Gasteiger partial charge in [0, 0.05) is 18.7 Å². The molecule has 0 atom stereocenters. The van der Waals surface area contributed by atoms with Gasteiger partial charge < -0.3 is 5.32 Å². The zero-order chi connectivity index (χ0) is 23.8. The number of hydrogen-bond donors (Lipinski definition) is 2. The molecule has 2 N–H and O–H groups in total. The first kappa shape index (κ1) is 24.7. The Kier molecular flexibility index (Phi) is 8.42. The predicted molar refractivity (Wildman–Crippen MR) is 134 cm³/mol. The number of amides is 1. The molecule has 0 aromatic heterocycles. The van der Waals surface area contributed by atoms with Crippen molar-refractivity contribution in [1.82, 2.24) is 4.72 Å². The van der Waals surface area contributed by atoms with Crippen LogP contribution >= 0.6 is 0 Å². The second-order valence-electron chi connectivity index (χ2n) is 8.52. The highest BCUT2D eigenvalue weighted by Crippen LogP contribution is 2.27. The SMILES string of the molecule is Cc1cccc(C(C)C)c1NC(=O)CCc1ccc(S(=O)(=O)NCCc2ccccc2)cc1. The van der Waals surface area contributed by atoms with Gasteiger partial charge in [-0.2, -0.15) is 0 Å². The summed E-state index contributed by atoms with van der Waals surface area (Å²) in [6.07, 6.45) is 1.50. The summed E-state index contributed by atoms with van der Waals surface area (Å²) < 4.78 is 27.7. The smallest absolute Gasteiger partial charge is 0.240 e. The molecule has 3 aromatic carbocycles. The van der Waals surface area contributed by atoms with E-state index in [-0.39, 0.29) is 10.8 Å². The minimum Gasteiger partial charge on any atom is -0.326 e. The average molecular weight is 465 g/mol. The third kappa shape index (κ3) is 7.01. The van der Waals surface area contributed by atoms with Crippen molar-refractivity contribution in [3.63, 3.8) is 0 Å². The van der Waals surface area contributed by atoms with Crippen molar-refractivity contribution in [3.05, 3.63) is 95.1 Å². The quantitative estimate of drug-likeness (QED) is 0.432. The fourth-order valence-electron chi connectivity index (χ4n) is 3.70. The van der Waals surface area contributed by atoms with Gasteiger partial charge in [-0.1, -0.05) is 74.5 Å². The predicted octanol–water partition coefficient (Wildman–Crippen LogP) is 5.21. The molecule has 0 radical (unpaired) electrons. The van der Waals surface area contributed by atoms with Gasteiger partial charge >= 0.3 is 0 Å². The summed E-state index contributed by atoms with van der Waals surface area (Å²) in [6.45, 7) is 6.55. The number of carbonyl (C=O) groups is 1. The van der Waals surface area contributed by atoms with E-state index in [2.05, 4.69) is 23.9 Å². The Hall–Kier alpha value is -2.96. The minimum atomic E-state index is -3.57. The first-order chi connectivity index (χ1) is 15.8. The Morgan fingerprint density at radius 3 is 2.18 bits per heavy atom. The highest BCUT2D eigenvalue weighted by molar-refractivity contribution is 7.89. The second-order valence-corrected chi connectivity index (χ2v) is 10.3. The van der Waals surface area contributed by atoms with E-state index in [1.165, 1.54) is 0 Å². The first-order valence-corrected chi connectivity index (χ1v) is 12.8. The van der Waals surface area contributed by atoms with Gasteiger partial charge in [0.05, 0.1) is 4.90 Å². The van der Waals surface area contributed by atoms with Crippen LogP contribution in [0.2, 0.25) is 0 Å². The zero-order valence-electron chi connectivity index (χ0n) is 19.5. The van der Waals surface area contributed by atoms with Gasteiger partial charge in [-0.15, -0.1) is 0 Å². The van der Waals surface area contributed by atoms with Crippen molar-refractivity contribution in [3.8, 4) is 0 Å². The number of carbonyl (C=O) groups excluding carboxylic acids is 1. The summed E-state index contributed by atoms with van der Waals surface area (Å²) in [5, 5.41) is 3.06. The van der Waals surface area contributed by atoms with Crippen LogP contribution in [0.5, 0.6) is 0 Å². The number of para-hydroxylation sites is 1. The Bertz CT molecular complexity index is 1170. The summed E-state index contributed by atoms with van der Waals surface area (Å²) in [6, 6.07) is 22.5. The van der Waals surface area contributed by atoms with Crippen LogP contribution in [0, 0.1) is 6.92 Å². The molecule has 5 nitrogen and oxygen atoms in total. The topological polar surface area (TPSA) is 75.3 Å². The number of anilines is 1. The molecule has 0 aliphatic carbocycles. The number of nitrogens with one attached hydrogen (secondary N) is 2. The van der Waals surface area contributed by atoms with Crippen molar-refractivity contribution in [1.29, 1.82) is 0 Å². The maximum absolute atomic E-state index is 12.6. The molecule has 174 valence electrons. The van der Waals surface area contributed by atoms with Crippen LogP contribution in [-0.2, 0) is 27.7 Å². The third-order valence-electron chi connectivity index (χ3n) is 5.61. The molecule has 0 heterocycles. The number of aryl methyl sites for hydroxylation is 2. The van der Waals surface area contributed by atoms with Crippen LogP contribution in [0.4, 0.5) is 5.69 Å². The monoisotopic (exact) mass is 464 g/mol. The molecule has 0 aliphatic heterocycles. The minimum absolute atomic E-state index is 0.0505. The molecule has 0 saturated heterocycles. The van der Waals surface area contributed by atoms with Gasteiger partial charge in [0.15, 0.2) is 0 Å². The number of sulfonamides is 1. The van der Waals surface area contributed by atoms with Crippen LogP contribution in [0.1, 0.15) is 48.4 Å². The van der Waals surface area contributed by atoms with Gasteiger partial charge in [0.2, 0.25) is 15.9 Å². The first-order valence-electron chi connectivity index (χ1n) is 11.3. The van der Waals surface area contributed by atoms with Gasteiger partial charge in [-0.25, -0.2) is 13.1 Å². The molecule has 6 heteroatoms. The van der Waals surface area contributed by atoms with Crippen molar-refractivity contribution in [2.75, 3.05) is 11.9 Å². The van der Waals surface area contributed by atoms with E-state index in [0.29, 0.717) is 31.7 Å². The standard InChI is InChI=1S/C27H32N2O3S/c1-20(2)25-11-7-8-21(3)27(25)29-26(30)17-14-23-12-15-24(16-13-23)33(31,32)28-19-18-22-9-5-4-6-10-22/h4-13,15-16,20,28H,14,17-19H2,1-3H3,(H,29,30). The normalized spacial score (nSPS) is 11.5. The summed E-state index contributed by atoms with van der Waals surface area (Å²) in [5.74, 6) is 0.265. The third-order valence-corrected chi connectivity index (χ3v) is 7.09. The average Bonchev–Trinajstić information content (AvgIpc) is 2.80. The molecule has 0 bridgehead atoms. The van der Waals surface area contributed by atoms with Gasteiger partial charge in [0.25, 0.3) is 0 Å². The van der Waals surface area contributed by atoms with E-state index < -0.39 is 10.0 Å². The van der Waals surface area contributed by atoms with Gasteiger partial charge in [-0.05, 0) is 60.1 Å². The Labute approximate surface area is 197 Å². The lowest BCUT2D eigenvalue weighted by Gasteiger charge is -2.16. The molecular formula is C27H32N2O3S. The summed E-state index contributed by atoms with van der Waals surface area (Å²) in [5.41, 5.74) is 5.06. The van der Waals surface area contributed by atoms with Crippen LogP contribution in [0.3, 0.4) is 0 Å². The molecule has 0 fully saturated rings. The lowest BCUT2D eigenvalue weighted by Crippen LogP contribution is -2.26. The summed E-state index contributed by atoms with van der Waals surface area (Å²) >= 11 is 0. The van der Waals surface area contributed by atoms with Crippen molar-refractivity contribution < 1.29 is 13.2 Å². The van der Waals surface area contributed by atoms with Gasteiger partial charge in [0.1, 0.15) is 0 Å². The van der Waals surface area contributed by atoms with E-state index in [0.717, 1.165) is 27.9 Å². The molecule has 0 saturated carbocycles. The highest BCUT2D eigenvalue weighted by Gasteiger charge is 2.14. The van der Waals surface area contributed by atoms with Crippen LogP contribution < -0.4 is 10.0 Å². The van der Waals surface area contributed by atoms with Crippen LogP contribution in [0.25, 0.3) is 0 Å². The maximum Gasteiger partial charge on any atom is 0.240 e. The van der Waals surface area contributed by atoms with Gasteiger partial charge in [-0.3, -0.25) is 4.79 Å².